The molecule has 0 spiro atoms. The van der Waals surface area contributed by atoms with Crippen LogP contribution in [0.5, 0.6) is 0 Å². The highest BCUT2D eigenvalue weighted by Gasteiger charge is 2.44. The molecule has 0 radical (unpaired) electrons. The van der Waals surface area contributed by atoms with Gasteiger partial charge in [0.15, 0.2) is 0 Å². The maximum atomic E-state index is 14.6. The predicted molar refractivity (Wildman–Crippen MR) is 232 cm³/mol. The van der Waals surface area contributed by atoms with Gasteiger partial charge < -0.3 is 35.6 Å². The van der Waals surface area contributed by atoms with Crippen LogP contribution in [-0.4, -0.2) is 99.3 Å². The average molecular weight is 820 g/mol. The Bertz CT molecular complexity index is 2050. The van der Waals surface area contributed by atoms with Crippen LogP contribution in [0.2, 0.25) is 0 Å². The molecular formula is C47H61N7O6. The minimum Gasteiger partial charge on any atom is -0.453 e. The van der Waals surface area contributed by atoms with Crippen LogP contribution in [-0.2, 0) is 33.7 Å². The van der Waals surface area contributed by atoms with Crippen molar-refractivity contribution in [2.45, 2.75) is 105 Å². The number of carbonyl (C=O) groups is 4. The molecule has 1 saturated heterocycles. The number of nitrogens with zero attached hydrogens (tertiary/aromatic N) is 4. The molecule has 13 nitrogen and oxygen atoms in total. The lowest BCUT2D eigenvalue weighted by molar-refractivity contribution is -0.131. The van der Waals surface area contributed by atoms with E-state index in [9.17, 15) is 24.3 Å². The number of alkyl carbamates (subject to hydrolysis) is 1. The van der Waals surface area contributed by atoms with Crippen molar-refractivity contribution in [1.82, 2.24) is 35.7 Å². The SMILES string of the molecule is COC(=O)NC(C(=O)N[C@@H](Cc1ccc(-c2ccccn2)cc1)C[C@H](O)[C@H](Cc1ccccc1)NC(=O)C(N1CCN(Cc2cccc(C)n2)C1=O)C(C)(C)C)C(C)(C)C. The summed E-state index contributed by atoms with van der Waals surface area (Å²) in [6, 6.07) is 25.4. The number of ether oxygens (including phenoxy) is 1. The third kappa shape index (κ3) is 12.4. The van der Waals surface area contributed by atoms with Gasteiger partial charge in [0, 0.05) is 36.6 Å². The maximum Gasteiger partial charge on any atom is 0.407 e. The number of aromatic nitrogens is 2. The molecule has 60 heavy (non-hydrogen) atoms. The third-order valence-corrected chi connectivity index (χ3v) is 10.7. The fourth-order valence-corrected chi connectivity index (χ4v) is 7.70. The Balaban J connectivity index is 1.42. The Morgan fingerprint density at radius 2 is 1.47 bits per heavy atom. The van der Waals surface area contributed by atoms with Crippen molar-refractivity contribution in [2.75, 3.05) is 20.2 Å². The molecule has 0 bridgehead atoms. The van der Waals surface area contributed by atoms with E-state index < -0.39 is 53.1 Å². The Kier molecular flexibility index (Phi) is 15.1. The summed E-state index contributed by atoms with van der Waals surface area (Å²) in [5.41, 5.74) is 3.83. The van der Waals surface area contributed by atoms with E-state index in [1.807, 2.05) is 139 Å². The Labute approximate surface area is 354 Å². The van der Waals surface area contributed by atoms with Crippen LogP contribution < -0.4 is 16.0 Å². The molecule has 13 heteroatoms. The molecule has 0 saturated carbocycles. The van der Waals surface area contributed by atoms with E-state index >= 15 is 0 Å². The predicted octanol–water partition coefficient (Wildman–Crippen LogP) is 6.08. The van der Waals surface area contributed by atoms with Crippen molar-refractivity contribution >= 4 is 23.9 Å². The van der Waals surface area contributed by atoms with Crippen molar-refractivity contribution in [1.29, 1.82) is 0 Å². The molecule has 2 aromatic heterocycles. The number of nitrogens with one attached hydrogen (secondary N) is 3. The molecule has 5 atom stereocenters. The van der Waals surface area contributed by atoms with Crippen LogP contribution in [0.25, 0.3) is 11.3 Å². The lowest BCUT2D eigenvalue weighted by atomic mass is 9.84. The van der Waals surface area contributed by atoms with Crippen LogP contribution in [0.4, 0.5) is 9.59 Å². The molecule has 320 valence electrons. The second-order valence-electron chi connectivity index (χ2n) is 17.8. The van der Waals surface area contributed by atoms with Crippen molar-refractivity contribution in [3.05, 3.63) is 120 Å². The summed E-state index contributed by atoms with van der Waals surface area (Å²) in [6.07, 6.45) is 0.536. The van der Waals surface area contributed by atoms with Gasteiger partial charge in [0.1, 0.15) is 12.1 Å². The summed E-state index contributed by atoms with van der Waals surface area (Å²) in [4.78, 5) is 67.3. The second kappa shape index (κ2) is 20.0. The molecule has 2 aromatic carbocycles. The number of hydrogen-bond acceptors (Lipinski definition) is 8. The summed E-state index contributed by atoms with van der Waals surface area (Å²) < 4.78 is 4.84. The van der Waals surface area contributed by atoms with Crippen LogP contribution in [0.1, 0.15) is 70.5 Å². The van der Waals surface area contributed by atoms with Gasteiger partial charge in [-0.05, 0) is 72.4 Å². The average Bonchev–Trinajstić information content (AvgIpc) is 3.54. The number of benzene rings is 2. The number of aryl methyl sites for hydroxylation is 1. The Hall–Kier alpha value is -5.82. The van der Waals surface area contributed by atoms with Crippen LogP contribution in [0.3, 0.4) is 0 Å². The molecule has 1 aliphatic heterocycles. The maximum absolute atomic E-state index is 14.6. The van der Waals surface area contributed by atoms with E-state index in [4.69, 9.17) is 4.74 Å². The van der Waals surface area contributed by atoms with Crippen LogP contribution >= 0.6 is 0 Å². The first kappa shape index (κ1) is 45.3. The highest BCUT2D eigenvalue weighted by atomic mass is 16.5. The van der Waals surface area contributed by atoms with Gasteiger partial charge in [0.25, 0.3) is 0 Å². The van der Waals surface area contributed by atoms with Gasteiger partial charge in [-0.2, -0.15) is 0 Å². The van der Waals surface area contributed by atoms with Gasteiger partial charge in [-0.1, -0.05) is 108 Å². The van der Waals surface area contributed by atoms with Gasteiger partial charge in [-0.15, -0.1) is 0 Å². The molecule has 3 heterocycles. The van der Waals surface area contributed by atoms with E-state index in [2.05, 4.69) is 25.9 Å². The molecule has 2 unspecified atom stereocenters. The molecule has 4 N–H and O–H groups in total. The molecule has 1 fully saturated rings. The van der Waals surface area contributed by atoms with Gasteiger partial charge in [0.2, 0.25) is 11.8 Å². The van der Waals surface area contributed by atoms with E-state index in [0.29, 0.717) is 26.1 Å². The summed E-state index contributed by atoms with van der Waals surface area (Å²) in [7, 11) is 1.24. The lowest BCUT2D eigenvalue weighted by Crippen LogP contribution is -2.59. The van der Waals surface area contributed by atoms with Gasteiger partial charge in [0.05, 0.1) is 37.2 Å². The van der Waals surface area contributed by atoms with Crippen molar-refractivity contribution in [3.63, 3.8) is 0 Å². The number of amides is 5. The topological polar surface area (TPSA) is 166 Å². The van der Waals surface area contributed by atoms with Crippen LogP contribution in [0.15, 0.2) is 97.2 Å². The van der Waals surface area contributed by atoms with Crippen molar-refractivity contribution in [3.8, 4) is 11.3 Å². The van der Waals surface area contributed by atoms with E-state index in [1.165, 1.54) is 7.11 Å². The molecule has 5 rings (SSSR count). The Morgan fingerprint density at radius 3 is 2.08 bits per heavy atom. The standard InChI is InChI=1S/C47H61N7O6/c1-31-15-14-18-35(49-31)30-53-25-26-54(45(53)59)41(47(5,6)7)43(57)51-38(28-32-16-10-9-11-17-32)39(55)29-36(50-42(56)40(46(2,3)4)52-44(58)60-8)27-33-20-22-34(23-21-33)37-19-12-13-24-48-37/h9-24,36,38-41,55H,25-30H2,1-8H3,(H,50,56)(H,51,57)(H,52,58)/t36-,38-,39-,40?,41?/m0/s1. The van der Waals surface area contributed by atoms with Crippen LogP contribution in [0, 0.1) is 17.8 Å². The van der Waals surface area contributed by atoms with Crippen molar-refractivity contribution in [2.24, 2.45) is 10.8 Å². The fraction of sp³-hybridized carbons (Fsp3) is 0.447. The van der Waals surface area contributed by atoms with Crippen molar-refractivity contribution < 1.29 is 29.0 Å². The summed E-state index contributed by atoms with van der Waals surface area (Å²) in [6.45, 7) is 14.3. The monoisotopic (exact) mass is 819 g/mol. The molecule has 4 aromatic rings. The summed E-state index contributed by atoms with van der Waals surface area (Å²) in [5.74, 6) is -0.822. The smallest absolute Gasteiger partial charge is 0.407 e. The third-order valence-electron chi connectivity index (χ3n) is 10.7. The largest absolute Gasteiger partial charge is 0.453 e. The highest BCUT2D eigenvalue weighted by molar-refractivity contribution is 5.89. The fourth-order valence-electron chi connectivity index (χ4n) is 7.70. The van der Waals surface area contributed by atoms with Gasteiger partial charge in [-0.3, -0.25) is 19.6 Å². The first-order valence-electron chi connectivity index (χ1n) is 20.6. The zero-order chi connectivity index (χ0) is 43.6. The van der Waals surface area contributed by atoms with E-state index in [0.717, 1.165) is 33.8 Å². The quantitative estimate of drug-likeness (QED) is 0.106. The number of carbonyl (C=O) groups excluding carboxylic acids is 4. The normalized spacial score (nSPS) is 15.7. The number of rotatable bonds is 16. The zero-order valence-corrected chi connectivity index (χ0v) is 36.1. The minimum absolute atomic E-state index is 0.0562. The van der Waals surface area contributed by atoms with E-state index in [-0.39, 0.29) is 24.8 Å². The lowest BCUT2D eigenvalue weighted by Gasteiger charge is -2.38. The number of methoxy groups -OCH3 is 1. The zero-order valence-electron chi connectivity index (χ0n) is 36.1. The minimum atomic E-state index is -1.15. The molecule has 5 amide bonds. The molecule has 1 aliphatic rings. The number of urea groups is 1. The van der Waals surface area contributed by atoms with Gasteiger partial charge in [-0.25, -0.2) is 9.59 Å². The first-order chi connectivity index (χ1) is 28.4. The number of hydrogen-bond donors (Lipinski definition) is 4. The number of pyridine rings is 2. The molecule has 0 aliphatic carbocycles. The summed E-state index contributed by atoms with van der Waals surface area (Å²) in [5, 5.41) is 21.2. The first-order valence-corrected chi connectivity index (χ1v) is 20.6. The number of aliphatic hydroxyl groups excluding tert-OH is 1. The Morgan fingerprint density at radius 1 is 0.783 bits per heavy atom. The van der Waals surface area contributed by atoms with Gasteiger partial charge >= 0.3 is 12.1 Å². The summed E-state index contributed by atoms with van der Waals surface area (Å²) >= 11 is 0. The highest BCUT2D eigenvalue weighted by Crippen LogP contribution is 2.29. The van der Waals surface area contributed by atoms with E-state index in [1.54, 1.807) is 16.0 Å². The molecular weight excluding hydrogens is 759 g/mol. The number of aliphatic hydroxyl groups is 1. The second-order valence-corrected chi connectivity index (χ2v) is 17.8.